The highest BCUT2D eigenvalue weighted by Crippen LogP contribution is 2.34. The van der Waals surface area contributed by atoms with Crippen LogP contribution in [0.15, 0.2) is 18.2 Å². The second kappa shape index (κ2) is 5.11. The summed E-state index contributed by atoms with van der Waals surface area (Å²) in [6, 6.07) is 6.20. The first kappa shape index (κ1) is 13.5. The second-order valence-corrected chi connectivity index (χ2v) is 5.76. The van der Waals surface area contributed by atoms with Crippen LogP contribution in [0.3, 0.4) is 0 Å². The van der Waals surface area contributed by atoms with Gasteiger partial charge in [-0.3, -0.25) is 0 Å². The largest absolute Gasteiger partial charge is 0.465 e. The molecule has 0 aliphatic carbocycles. The molecule has 4 nitrogen and oxygen atoms in total. The molecule has 1 aliphatic rings. The fraction of sp³-hybridized carbons (Fsp3) is 0.500. The van der Waals surface area contributed by atoms with Crippen LogP contribution in [0.1, 0.15) is 31.5 Å². The Bertz CT molecular complexity index is 629. The maximum Gasteiger partial charge on any atom is 0.194 e. The number of aliphatic hydroxyl groups excluding tert-OH is 1. The highest BCUT2D eigenvalue weighted by Gasteiger charge is 2.22. The molecule has 2 unspecified atom stereocenters. The van der Waals surface area contributed by atoms with Crippen molar-refractivity contribution in [2.75, 3.05) is 0 Å². The van der Waals surface area contributed by atoms with Gasteiger partial charge < -0.3 is 20.1 Å². The molecular weight excluding hydrogens is 252 g/mol. The van der Waals surface area contributed by atoms with Crippen LogP contribution in [0.2, 0.25) is 0 Å². The summed E-state index contributed by atoms with van der Waals surface area (Å²) in [5.74, 6) is 0.711. The van der Waals surface area contributed by atoms with E-state index in [-0.39, 0.29) is 6.04 Å². The summed E-state index contributed by atoms with van der Waals surface area (Å²) in [6.07, 6.45) is 2.43. The third-order valence-electron chi connectivity index (χ3n) is 3.89. The van der Waals surface area contributed by atoms with Gasteiger partial charge in [0.25, 0.3) is 0 Å². The quantitative estimate of drug-likeness (QED) is 0.840. The van der Waals surface area contributed by atoms with Crippen molar-refractivity contribution in [3.8, 4) is 5.75 Å². The SMILES string of the molecule is CC(N)Cc1c2n(c3ccc(OC(C)O)cc13)CCC2. The van der Waals surface area contributed by atoms with Crippen molar-refractivity contribution in [1.82, 2.24) is 4.57 Å². The number of aromatic nitrogens is 1. The minimum absolute atomic E-state index is 0.146. The first-order valence-corrected chi connectivity index (χ1v) is 7.30. The van der Waals surface area contributed by atoms with Crippen molar-refractivity contribution in [1.29, 1.82) is 0 Å². The van der Waals surface area contributed by atoms with Crippen molar-refractivity contribution in [2.45, 2.75) is 52.0 Å². The first-order chi connectivity index (χ1) is 9.56. The lowest BCUT2D eigenvalue weighted by Gasteiger charge is -2.10. The molecule has 1 aromatic carbocycles. The molecule has 0 radical (unpaired) electrons. The molecule has 2 aromatic rings. The van der Waals surface area contributed by atoms with Gasteiger partial charge in [0.05, 0.1) is 0 Å². The van der Waals surface area contributed by atoms with E-state index >= 15 is 0 Å². The molecule has 0 saturated heterocycles. The Hall–Kier alpha value is -1.52. The van der Waals surface area contributed by atoms with Gasteiger partial charge in [-0.1, -0.05) is 0 Å². The van der Waals surface area contributed by atoms with Crippen LogP contribution in [0.25, 0.3) is 10.9 Å². The number of nitrogens with zero attached hydrogens (tertiary/aromatic N) is 1. The molecule has 1 aromatic heterocycles. The van der Waals surface area contributed by atoms with Crippen LogP contribution in [0.4, 0.5) is 0 Å². The first-order valence-electron chi connectivity index (χ1n) is 7.30. The van der Waals surface area contributed by atoms with Crippen LogP contribution in [-0.2, 0) is 19.4 Å². The summed E-state index contributed by atoms with van der Waals surface area (Å²) in [5, 5.41) is 10.6. The summed E-state index contributed by atoms with van der Waals surface area (Å²) < 4.78 is 7.80. The van der Waals surface area contributed by atoms with Gasteiger partial charge in [0, 0.05) is 29.2 Å². The van der Waals surface area contributed by atoms with E-state index in [2.05, 4.69) is 10.6 Å². The maximum absolute atomic E-state index is 9.36. The van der Waals surface area contributed by atoms with E-state index in [9.17, 15) is 5.11 Å². The minimum atomic E-state index is -0.793. The maximum atomic E-state index is 9.36. The van der Waals surface area contributed by atoms with Crippen molar-refractivity contribution in [3.05, 3.63) is 29.5 Å². The Balaban J connectivity index is 2.12. The molecule has 4 heteroatoms. The molecule has 0 fully saturated rings. The number of nitrogens with two attached hydrogens (primary N) is 1. The topological polar surface area (TPSA) is 60.4 Å². The van der Waals surface area contributed by atoms with Crippen LogP contribution in [-0.4, -0.2) is 22.0 Å². The third kappa shape index (κ3) is 2.30. The molecule has 0 amide bonds. The van der Waals surface area contributed by atoms with Crippen molar-refractivity contribution >= 4 is 10.9 Å². The van der Waals surface area contributed by atoms with Gasteiger partial charge in [0.15, 0.2) is 6.29 Å². The fourth-order valence-corrected chi connectivity index (χ4v) is 3.22. The van der Waals surface area contributed by atoms with Gasteiger partial charge in [-0.25, -0.2) is 0 Å². The summed E-state index contributed by atoms with van der Waals surface area (Å²) >= 11 is 0. The summed E-state index contributed by atoms with van der Waals surface area (Å²) in [4.78, 5) is 0. The van der Waals surface area contributed by atoms with Crippen LogP contribution < -0.4 is 10.5 Å². The van der Waals surface area contributed by atoms with Gasteiger partial charge in [0.2, 0.25) is 0 Å². The molecule has 2 atom stereocenters. The Morgan fingerprint density at radius 2 is 2.20 bits per heavy atom. The highest BCUT2D eigenvalue weighted by molar-refractivity contribution is 5.87. The Morgan fingerprint density at radius 3 is 2.90 bits per heavy atom. The second-order valence-electron chi connectivity index (χ2n) is 5.76. The zero-order chi connectivity index (χ0) is 14.3. The zero-order valence-electron chi connectivity index (χ0n) is 12.1. The van der Waals surface area contributed by atoms with Crippen molar-refractivity contribution in [3.63, 3.8) is 0 Å². The van der Waals surface area contributed by atoms with Crippen molar-refractivity contribution < 1.29 is 9.84 Å². The lowest BCUT2D eigenvalue weighted by Crippen LogP contribution is -2.18. The lowest BCUT2D eigenvalue weighted by molar-refractivity contribution is -0.000188. The van der Waals surface area contributed by atoms with Crippen molar-refractivity contribution in [2.24, 2.45) is 5.73 Å². The lowest BCUT2D eigenvalue weighted by atomic mass is 10.0. The van der Waals surface area contributed by atoms with Crippen LogP contribution >= 0.6 is 0 Å². The number of benzene rings is 1. The summed E-state index contributed by atoms with van der Waals surface area (Å²) in [7, 11) is 0. The van der Waals surface area contributed by atoms with E-state index in [1.807, 2.05) is 19.1 Å². The average molecular weight is 274 g/mol. The van der Waals surface area contributed by atoms with E-state index in [4.69, 9.17) is 10.5 Å². The third-order valence-corrected chi connectivity index (χ3v) is 3.89. The van der Waals surface area contributed by atoms with Crippen LogP contribution in [0, 0.1) is 0 Å². The number of ether oxygens (including phenoxy) is 1. The normalized spacial score (nSPS) is 17.2. The molecule has 0 saturated carbocycles. The van der Waals surface area contributed by atoms with E-state index in [1.54, 1.807) is 6.92 Å². The van der Waals surface area contributed by atoms with E-state index in [1.165, 1.54) is 28.6 Å². The number of aliphatic hydroxyl groups is 1. The highest BCUT2D eigenvalue weighted by atomic mass is 16.6. The molecule has 0 spiro atoms. The van der Waals surface area contributed by atoms with E-state index in [0.29, 0.717) is 5.75 Å². The van der Waals surface area contributed by atoms with Gasteiger partial charge in [-0.05, 0) is 56.9 Å². The Labute approximate surface area is 119 Å². The van der Waals surface area contributed by atoms with Gasteiger partial charge in [-0.2, -0.15) is 0 Å². The van der Waals surface area contributed by atoms with E-state index < -0.39 is 6.29 Å². The molecule has 108 valence electrons. The summed E-state index contributed by atoms with van der Waals surface area (Å²) in [5.41, 5.74) is 10.0. The fourth-order valence-electron chi connectivity index (χ4n) is 3.22. The molecular formula is C16H22N2O2. The molecule has 1 aliphatic heterocycles. The number of aryl methyl sites for hydroxylation is 1. The predicted octanol–water partition coefficient (Wildman–Crippen LogP) is 2.19. The molecule has 3 rings (SSSR count). The standard InChI is InChI=1S/C16H22N2O2/c1-10(17)8-13-14-9-12(20-11(2)19)5-6-16(14)18-7-3-4-15(13)18/h5-6,9-11,19H,3-4,7-8,17H2,1-2H3. The van der Waals surface area contributed by atoms with Gasteiger partial charge >= 0.3 is 0 Å². The zero-order valence-corrected chi connectivity index (χ0v) is 12.1. The molecule has 20 heavy (non-hydrogen) atoms. The van der Waals surface area contributed by atoms with Gasteiger partial charge in [0.1, 0.15) is 5.75 Å². The molecule has 3 N–H and O–H groups in total. The average Bonchev–Trinajstić information content (AvgIpc) is 2.92. The Morgan fingerprint density at radius 1 is 1.40 bits per heavy atom. The number of fused-ring (bicyclic) bond motifs is 3. The molecule has 2 heterocycles. The summed E-state index contributed by atoms with van der Waals surface area (Å²) in [6.45, 7) is 4.75. The van der Waals surface area contributed by atoms with E-state index in [0.717, 1.165) is 19.4 Å². The number of hydrogen-bond donors (Lipinski definition) is 2. The predicted molar refractivity (Wildman–Crippen MR) is 79.9 cm³/mol. The molecule has 0 bridgehead atoms. The number of hydrogen-bond acceptors (Lipinski definition) is 3. The smallest absolute Gasteiger partial charge is 0.194 e. The van der Waals surface area contributed by atoms with Crippen LogP contribution in [0.5, 0.6) is 5.75 Å². The Kier molecular flexibility index (Phi) is 3.44. The monoisotopic (exact) mass is 274 g/mol. The number of rotatable bonds is 4. The minimum Gasteiger partial charge on any atom is -0.465 e. The van der Waals surface area contributed by atoms with Gasteiger partial charge in [-0.15, -0.1) is 0 Å².